The van der Waals surface area contributed by atoms with E-state index in [0.717, 1.165) is 6.26 Å². The molecule has 0 aliphatic rings. The van der Waals surface area contributed by atoms with Crippen LogP contribution in [-0.4, -0.2) is 23.6 Å². The Labute approximate surface area is 127 Å². The van der Waals surface area contributed by atoms with Crippen LogP contribution in [0.25, 0.3) is 0 Å². The lowest BCUT2D eigenvalue weighted by Gasteiger charge is -2.13. The van der Waals surface area contributed by atoms with Crippen LogP contribution >= 0.6 is 0 Å². The fourth-order valence-electron chi connectivity index (χ4n) is 1.70. The highest BCUT2D eigenvalue weighted by atomic mass is 16.5. The Morgan fingerprint density at radius 3 is 2.68 bits per heavy atom. The van der Waals surface area contributed by atoms with Crippen molar-refractivity contribution in [3.05, 3.63) is 47.9 Å². The van der Waals surface area contributed by atoms with Gasteiger partial charge in [-0.15, -0.1) is 0 Å². The lowest BCUT2D eigenvalue weighted by atomic mass is 10.2. The van der Waals surface area contributed by atoms with Gasteiger partial charge in [0.2, 0.25) is 0 Å². The van der Waals surface area contributed by atoms with Crippen LogP contribution in [-0.2, 0) is 0 Å². The van der Waals surface area contributed by atoms with E-state index in [1.807, 2.05) is 13.8 Å². The number of carboxylic acid groups (broad SMARTS) is 1. The molecular formula is C16H17NO5. The van der Waals surface area contributed by atoms with E-state index in [-0.39, 0.29) is 11.3 Å². The minimum absolute atomic E-state index is 0.0731. The smallest absolute Gasteiger partial charge is 0.338 e. The van der Waals surface area contributed by atoms with Gasteiger partial charge in [-0.05, 0) is 18.1 Å². The number of anilines is 1. The van der Waals surface area contributed by atoms with Gasteiger partial charge in [-0.1, -0.05) is 26.0 Å². The summed E-state index contributed by atoms with van der Waals surface area (Å²) in [6.07, 6.45) is 1.03. The molecule has 0 atom stereocenters. The lowest BCUT2D eigenvalue weighted by molar-refractivity contribution is 0.0696. The molecule has 1 amide bonds. The highest BCUT2D eigenvalue weighted by Crippen LogP contribution is 2.25. The quantitative estimate of drug-likeness (QED) is 0.855. The molecule has 0 saturated carbocycles. The van der Waals surface area contributed by atoms with Crippen molar-refractivity contribution in [1.82, 2.24) is 0 Å². The summed E-state index contributed by atoms with van der Waals surface area (Å²) in [5.74, 6) is -0.853. The Bertz CT molecular complexity index is 675. The number of carbonyl (C=O) groups excluding carboxylic acids is 1. The molecule has 0 fully saturated rings. The largest absolute Gasteiger partial charge is 0.491 e. The average molecular weight is 303 g/mol. The van der Waals surface area contributed by atoms with Crippen LogP contribution < -0.4 is 10.1 Å². The Morgan fingerprint density at radius 1 is 1.32 bits per heavy atom. The number of hydrogen-bond acceptors (Lipinski definition) is 4. The Balaban J connectivity index is 2.12. The fourth-order valence-corrected chi connectivity index (χ4v) is 1.70. The van der Waals surface area contributed by atoms with Crippen molar-refractivity contribution in [2.45, 2.75) is 13.8 Å². The van der Waals surface area contributed by atoms with E-state index >= 15 is 0 Å². The number of para-hydroxylation sites is 2. The normalized spacial score (nSPS) is 10.5. The van der Waals surface area contributed by atoms with Crippen LogP contribution in [0.15, 0.2) is 41.0 Å². The molecule has 0 spiro atoms. The van der Waals surface area contributed by atoms with E-state index in [1.54, 1.807) is 24.3 Å². The molecule has 0 radical (unpaired) electrons. The van der Waals surface area contributed by atoms with Gasteiger partial charge >= 0.3 is 5.97 Å². The highest BCUT2D eigenvalue weighted by Gasteiger charge is 2.16. The van der Waals surface area contributed by atoms with Gasteiger partial charge in [-0.25, -0.2) is 4.79 Å². The maximum absolute atomic E-state index is 12.1. The molecule has 0 saturated heterocycles. The van der Waals surface area contributed by atoms with Crippen LogP contribution in [0, 0.1) is 5.92 Å². The lowest BCUT2D eigenvalue weighted by Crippen LogP contribution is -2.13. The van der Waals surface area contributed by atoms with Crippen molar-refractivity contribution in [2.75, 3.05) is 11.9 Å². The number of aromatic carboxylic acids is 1. The van der Waals surface area contributed by atoms with Crippen molar-refractivity contribution < 1.29 is 23.8 Å². The number of carbonyl (C=O) groups is 2. The van der Waals surface area contributed by atoms with E-state index in [1.165, 1.54) is 6.07 Å². The number of carboxylic acids is 1. The van der Waals surface area contributed by atoms with Gasteiger partial charge in [0.25, 0.3) is 5.91 Å². The third kappa shape index (κ3) is 3.88. The van der Waals surface area contributed by atoms with Crippen LogP contribution in [0.1, 0.15) is 34.8 Å². The summed E-state index contributed by atoms with van der Waals surface area (Å²) in [7, 11) is 0. The first-order chi connectivity index (χ1) is 10.5. The van der Waals surface area contributed by atoms with Gasteiger partial charge in [-0.2, -0.15) is 0 Å². The topological polar surface area (TPSA) is 88.8 Å². The second-order valence-electron chi connectivity index (χ2n) is 5.16. The SMILES string of the molecule is CC(C)COc1ccccc1NC(=O)c1cc(C(=O)O)co1. The maximum atomic E-state index is 12.1. The number of ether oxygens (including phenoxy) is 1. The molecule has 2 rings (SSSR count). The zero-order valence-corrected chi connectivity index (χ0v) is 12.3. The van der Waals surface area contributed by atoms with E-state index in [0.29, 0.717) is 24.0 Å². The standard InChI is InChI=1S/C16H17NO5/c1-10(2)8-21-13-6-4-3-5-12(13)17-15(18)14-7-11(9-22-14)16(19)20/h3-7,9-10H,8H2,1-2H3,(H,17,18)(H,19,20). The summed E-state index contributed by atoms with van der Waals surface area (Å²) >= 11 is 0. The summed E-state index contributed by atoms with van der Waals surface area (Å²) in [6.45, 7) is 4.58. The van der Waals surface area contributed by atoms with E-state index in [9.17, 15) is 9.59 Å². The third-order valence-electron chi connectivity index (χ3n) is 2.78. The Hall–Kier alpha value is -2.76. The summed E-state index contributed by atoms with van der Waals surface area (Å²) in [5.41, 5.74) is 0.427. The molecule has 0 unspecified atom stereocenters. The first-order valence-corrected chi connectivity index (χ1v) is 6.82. The van der Waals surface area contributed by atoms with E-state index in [4.69, 9.17) is 14.3 Å². The van der Waals surface area contributed by atoms with Crippen LogP contribution in [0.4, 0.5) is 5.69 Å². The van der Waals surface area contributed by atoms with Crippen molar-refractivity contribution in [2.24, 2.45) is 5.92 Å². The summed E-state index contributed by atoms with van der Waals surface area (Å²) < 4.78 is 10.6. The predicted molar refractivity (Wildman–Crippen MR) is 80.4 cm³/mol. The van der Waals surface area contributed by atoms with Crippen LogP contribution in [0.5, 0.6) is 5.75 Å². The molecule has 0 aliphatic heterocycles. The first-order valence-electron chi connectivity index (χ1n) is 6.82. The minimum atomic E-state index is -1.15. The van der Waals surface area contributed by atoms with Crippen molar-refractivity contribution in [1.29, 1.82) is 0 Å². The first kappa shape index (κ1) is 15.6. The number of furan rings is 1. The number of benzene rings is 1. The summed E-state index contributed by atoms with van der Waals surface area (Å²) in [5, 5.41) is 11.5. The zero-order valence-electron chi connectivity index (χ0n) is 12.3. The van der Waals surface area contributed by atoms with Gasteiger partial charge in [0.05, 0.1) is 17.9 Å². The summed E-state index contributed by atoms with van der Waals surface area (Å²) in [4.78, 5) is 22.9. The zero-order chi connectivity index (χ0) is 16.1. The number of nitrogens with one attached hydrogen (secondary N) is 1. The third-order valence-corrected chi connectivity index (χ3v) is 2.78. The van der Waals surface area contributed by atoms with Crippen molar-refractivity contribution in [3.8, 4) is 5.75 Å². The summed E-state index contributed by atoms with van der Waals surface area (Å²) in [6, 6.07) is 8.20. The van der Waals surface area contributed by atoms with Crippen LogP contribution in [0.2, 0.25) is 0 Å². The molecular weight excluding hydrogens is 286 g/mol. The molecule has 1 aromatic heterocycles. The molecule has 1 aromatic carbocycles. The molecule has 22 heavy (non-hydrogen) atoms. The predicted octanol–water partition coefficient (Wildman–Crippen LogP) is 3.26. The molecule has 6 heteroatoms. The van der Waals surface area contributed by atoms with Gasteiger partial charge in [0.15, 0.2) is 5.76 Å². The number of rotatable bonds is 6. The van der Waals surface area contributed by atoms with Gasteiger partial charge < -0.3 is 19.6 Å². The van der Waals surface area contributed by atoms with Gasteiger partial charge in [0, 0.05) is 6.07 Å². The van der Waals surface area contributed by atoms with Crippen molar-refractivity contribution in [3.63, 3.8) is 0 Å². The monoisotopic (exact) mass is 303 g/mol. The fraction of sp³-hybridized carbons (Fsp3) is 0.250. The Kier molecular flexibility index (Phi) is 4.83. The minimum Gasteiger partial charge on any atom is -0.491 e. The molecule has 0 bridgehead atoms. The highest BCUT2D eigenvalue weighted by molar-refractivity contribution is 6.04. The van der Waals surface area contributed by atoms with E-state index < -0.39 is 11.9 Å². The van der Waals surface area contributed by atoms with E-state index in [2.05, 4.69) is 5.32 Å². The van der Waals surface area contributed by atoms with Crippen LogP contribution in [0.3, 0.4) is 0 Å². The molecule has 6 nitrogen and oxygen atoms in total. The molecule has 2 N–H and O–H groups in total. The number of hydrogen-bond donors (Lipinski definition) is 2. The van der Waals surface area contributed by atoms with Gasteiger partial charge in [0.1, 0.15) is 12.0 Å². The molecule has 0 aliphatic carbocycles. The maximum Gasteiger partial charge on any atom is 0.338 e. The Morgan fingerprint density at radius 2 is 2.05 bits per heavy atom. The molecule has 2 aromatic rings. The molecule has 116 valence electrons. The van der Waals surface area contributed by atoms with Gasteiger partial charge in [-0.3, -0.25) is 4.79 Å². The van der Waals surface area contributed by atoms with Crippen molar-refractivity contribution >= 4 is 17.6 Å². The second-order valence-corrected chi connectivity index (χ2v) is 5.16. The second kappa shape index (κ2) is 6.80. The number of amides is 1. The average Bonchev–Trinajstić information content (AvgIpc) is 2.96. The molecule has 1 heterocycles.